The summed E-state index contributed by atoms with van der Waals surface area (Å²) in [6.07, 6.45) is 2.17. The van der Waals surface area contributed by atoms with Gasteiger partial charge in [0.05, 0.1) is 12.1 Å². The van der Waals surface area contributed by atoms with Crippen LogP contribution in [0, 0.1) is 0 Å². The van der Waals surface area contributed by atoms with Crippen molar-refractivity contribution in [2.45, 2.75) is 24.9 Å². The standard InChI is InChI=1S/C14H17BrN2OS/c15-11-4-1-3-10(7-11)13-5-2-6-17(13)14(18)12-8-19-9-16-12/h1,3-4,7,12-13,16H,2,5-6,8-9H2. The van der Waals surface area contributed by atoms with Gasteiger partial charge in [0.15, 0.2) is 0 Å². The third-order valence-electron chi connectivity index (χ3n) is 3.78. The third kappa shape index (κ3) is 2.83. The van der Waals surface area contributed by atoms with Gasteiger partial charge in [-0.15, -0.1) is 11.8 Å². The molecule has 1 N–H and O–H groups in total. The minimum Gasteiger partial charge on any atom is -0.334 e. The normalized spacial score (nSPS) is 26.9. The minimum atomic E-state index is 0.0118. The Morgan fingerprint density at radius 1 is 1.47 bits per heavy atom. The molecular weight excluding hydrogens is 324 g/mol. The maximum Gasteiger partial charge on any atom is 0.241 e. The molecule has 1 amide bonds. The van der Waals surface area contributed by atoms with E-state index >= 15 is 0 Å². The molecule has 2 heterocycles. The summed E-state index contributed by atoms with van der Waals surface area (Å²) in [7, 11) is 0. The summed E-state index contributed by atoms with van der Waals surface area (Å²) >= 11 is 5.32. The molecule has 2 atom stereocenters. The van der Waals surface area contributed by atoms with Crippen LogP contribution in [0.1, 0.15) is 24.4 Å². The number of carbonyl (C=O) groups excluding carboxylic acids is 1. The highest BCUT2D eigenvalue weighted by Crippen LogP contribution is 2.34. The number of halogens is 1. The van der Waals surface area contributed by atoms with Gasteiger partial charge in [-0.2, -0.15) is 0 Å². The molecular formula is C14H17BrN2OS. The van der Waals surface area contributed by atoms with Crippen molar-refractivity contribution in [3.8, 4) is 0 Å². The zero-order valence-electron chi connectivity index (χ0n) is 10.6. The molecule has 2 fully saturated rings. The molecule has 2 saturated heterocycles. The summed E-state index contributed by atoms with van der Waals surface area (Å²) in [5, 5.41) is 3.28. The SMILES string of the molecule is O=C(C1CSCN1)N1CCCC1c1cccc(Br)c1. The molecule has 3 nitrogen and oxygen atoms in total. The van der Waals surface area contributed by atoms with Crippen molar-refractivity contribution in [3.63, 3.8) is 0 Å². The third-order valence-corrected chi connectivity index (χ3v) is 5.22. The van der Waals surface area contributed by atoms with Crippen LogP contribution in [-0.2, 0) is 4.79 Å². The van der Waals surface area contributed by atoms with E-state index in [9.17, 15) is 4.79 Å². The van der Waals surface area contributed by atoms with E-state index in [1.165, 1.54) is 5.56 Å². The van der Waals surface area contributed by atoms with E-state index in [2.05, 4.69) is 38.3 Å². The lowest BCUT2D eigenvalue weighted by molar-refractivity contribution is -0.133. The summed E-state index contributed by atoms with van der Waals surface area (Å²) in [5.74, 6) is 2.07. The topological polar surface area (TPSA) is 32.3 Å². The molecule has 0 bridgehead atoms. The Kier molecular flexibility index (Phi) is 4.15. The quantitative estimate of drug-likeness (QED) is 0.898. The van der Waals surface area contributed by atoms with Gasteiger partial charge in [0.2, 0.25) is 5.91 Å². The van der Waals surface area contributed by atoms with Crippen LogP contribution in [0.2, 0.25) is 0 Å². The highest BCUT2D eigenvalue weighted by molar-refractivity contribution is 9.10. The van der Waals surface area contributed by atoms with E-state index in [1.807, 2.05) is 12.1 Å². The summed E-state index contributed by atoms with van der Waals surface area (Å²) in [6, 6.07) is 8.59. The number of thioether (sulfide) groups is 1. The van der Waals surface area contributed by atoms with Gasteiger partial charge >= 0.3 is 0 Å². The predicted octanol–water partition coefficient (Wildman–Crippen LogP) is 2.78. The van der Waals surface area contributed by atoms with Gasteiger partial charge in [-0.05, 0) is 30.5 Å². The van der Waals surface area contributed by atoms with Gasteiger partial charge in [-0.25, -0.2) is 0 Å². The summed E-state index contributed by atoms with van der Waals surface area (Å²) in [5.41, 5.74) is 1.24. The van der Waals surface area contributed by atoms with E-state index in [4.69, 9.17) is 0 Å². The van der Waals surface area contributed by atoms with Crippen molar-refractivity contribution in [2.24, 2.45) is 0 Å². The van der Waals surface area contributed by atoms with Gasteiger partial charge in [0.1, 0.15) is 0 Å². The molecule has 1 aromatic rings. The smallest absolute Gasteiger partial charge is 0.241 e. The molecule has 102 valence electrons. The lowest BCUT2D eigenvalue weighted by atomic mass is 10.0. The van der Waals surface area contributed by atoms with Crippen LogP contribution in [0.4, 0.5) is 0 Å². The van der Waals surface area contributed by atoms with Crippen molar-refractivity contribution >= 4 is 33.6 Å². The number of hydrogen-bond acceptors (Lipinski definition) is 3. The van der Waals surface area contributed by atoms with Crippen molar-refractivity contribution in [1.29, 1.82) is 0 Å². The number of carbonyl (C=O) groups is 1. The first-order valence-electron chi connectivity index (χ1n) is 6.63. The largest absolute Gasteiger partial charge is 0.334 e. The first kappa shape index (κ1) is 13.5. The number of nitrogens with zero attached hydrogens (tertiary/aromatic N) is 1. The van der Waals surface area contributed by atoms with Crippen molar-refractivity contribution < 1.29 is 4.79 Å². The summed E-state index contributed by atoms with van der Waals surface area (Å²) in [6.45, 7) is 0.888. The van der Waals surface area contributed by atoms with Crippen LogP contribution >= 0.6 is 27.7 Å². The van der Waals surface area contributed by atoms with Crippen molar-refractivity contribution in [1.82, 2.24) is 10.2 Å². The van der Waals surface area contributed by atoms with E-state index in [1.54, 1.807) is 11.8 Å². The van der Waals surface area contributed by atoms with Crippen LogP contribution in [0.3, 0.4) is 0 Å². The minimum absolute atomic E-state index is 0.0118. The maximum absolute atomic E-state index is 12.6. The number of likely N-dealkylation sites (tertiary alicyclic amines) is 1. The van der Waals surface area contributed by atoms with Crippen molar-refractivity contribution in [2.75, 3.05) is 18.2 Å². The molecule has 2 unspecified atom stereocenters. The average Bonchev–Trinajstić information content (AvgIpc) is 3.09. The summed E-state index contributed by atoms with van der Waals surface area (Å²) < 4.78 is 1.08. The zero-order chi connectivity index (χ0) is 13.2. The first-order chi connectivity index (χ1) is 9.25. The second-order valence-corrected chi connectivity index (χ2v) is 6.96. The Bertz CT molecular complexity index is 476. The fourth-order valence-corrected chi connectivity index (χ4v) is 4.19. The van der Waals surface area contributed by atoms with Crippen LogP contribution in [-0.4, -0.2) is 35.0 Å². The maximum atomic E-state index is 12.6. The fourth-order valence-electron chi connectivity index (χ4n) is 2.84. The Balaban J connectivity index is 1.79. The highest BCUT2D eigenvalue weighted by Gasteiger charge is 2.35. The van der Waals surface area contributed by atoms with E-state index in [-0.39, 0.29) is 18.0 Å². The van der Waals surface area contributed by atoms with Gasteiger partial charge in [-0.3, -0.25) is 10.1 Å². The average molecular weight is 341 g/mol. The molecule has 0 radical (unpaired) electrons. The van der Waals surface area contributed by atoms with Crippen LogP contribution in [0.15, 0.2) is 28.7 Å². The fraction of sp³-hybridized carbons (Fsp3) is 0.500. The number of hydrogen-bond donors (Lipinski definition) is 1. The monoisotopic (exact) mass is 340 g/mol. The Morgan fingerprint density at radius 2 is 2.37 bits per heavy atom. The number of amides is 1. The lowest BCUT2D eigenvalue weighted by Gasteiger charge is -2.27. The zero-order valence-corrected chi connectivity index (χ0v) is 13.0. The molecule has 0 aromatic heterocycles. The van der Waals surface area contributed by atoms with Crippen LogP contribution in [0.25, 0.3) is 0 Å². The first-order valence-corrected chi connectivity index (χ1v) is 8.57. The van der Waals surface area contributed by atoms with Crippen LogP contribution in [0.5, 0.6) is 0 Å². The molecule has 1 aromatic carbocycles. The molecule has 0 aliphatic carbocycles. The Labute approximate surface area is 126 Å². The second-order valence-electron chi connectivity index (χ2n) is 5.02. The van der Waals surface area contributed by atoms with Crippen molar-refractivity contribution in [3.05, 3.63) is 34.3 Å². The number of nitrogens with one attached hydrogen (secondary N) is 1. The molecule has 0 spiro atoms. The second kappa shape index (κ2) is 5.85. The molecule has 2 aliphatic rings. The van der Waals surface area contributed by atoms with E-state index in [0.29, 0.717) is 0 Å². The van der Waals surface area contributed by atoms with Gasteiger partial charge < -0.3 is 4.90 Å². The highest BCUT2D eigenvalue weighted by atomic mass is 79.9. The van der Waals surface area contributed by atoms with Gasteiger partial charge in [0.25, 0.3) is 0 Å². The van der Waals surface area contributed by atoms with E-state index in [0.717, 1.165) is 35.5 Å². The Morgan fingerprint density at radius 3 is 3.11 bits per heavy atom. The predicted molar refractivity (Wildman–Crippen MR) is 82.1 cm³/mol. The molecule has 5 heteroatoms. The number of rotatable bonds is 2. The molecule has 3 rings (SSSR count). The Hall–Kier alpha value is -0.520. The molecule has 19 heavy (non-hydrogen) atoms. The van der Waals surface area contributed by atoms with Gasteiger partial charge in [-0.1, -0.05) is 28.1 Å². The summed E-state index contributed by atoms with van der Waals surface area (Å²) in [4.78, 5) is 14.6. The lowest BCUT2D eigenvalue weighted by Crippen LogP contribution is -2.44. The number of benzene rings is 1. The molecule has 2 aliphatic heterocycles. The van der Waals surface area contributed by atoms with E-state index < -0.39 is 0 Å². The van der Waals surface area contributed by atoms with Crippen LogP contribution < -0.4 is 5.32 Å². The van der Waals surface area contributed by atoms with Gasteiger partial charge in [0, 0.05) is 22.6 Å². The molecule has 0 saturated carbocycles.